The monoisotopic (exact) mass is 268 g/mol. The summed E-state index contributed by atoms with van der Waals surface area (Å²) in [7, 11) is 0. The number of benzene rings is 1. The number of hydrogen-bond acceptors (Lipinski definition) is 2. The van der Waals surface area contributed by atoms with E-state index in [-0.39, 0.29) is 16.8 Å². The second kappa shape index (κ2) is 5.26. The molecule has 3 nitrogen and oxygen atoms in total. The predicted octanol–water partition coefficient (Wildman–Crippen LogP) is 2.81. The van der Waals surface area contributed by atoms with Crippen LogP contribution in [0.5, 0.6) is 0 Å². The number of halogens is 3. The molecule has 1 aromatic carbocycles. The van der Waals surface area contributed by atoms with Gasteiger partial charge in [0.05, 0.1) is 12.0 Å². The lowest BCUT2D eigenvalue weighted by Gasteiger charge is -2.08. The summed E-state index contributed by atoms with van der Waals surface area (Å²) in [5.74, 6) is -4.18. The van der Waals surface area contributed by atoms with Gasteiger partial charge in [0, 0.05) is 11.1 Å². The van der Waals surface area contributed by atoms with Crippen LogP contribution in [-0.2, 0) is 6.42 Å². The van der Waals surface area contributed by atoms with Crippen LogP contribution in [0.4, 0.5) is 13.2 Å². The van der Waals surface area contributed by atoms with Crippen molar-refractivity contribution in [1.29, 1.82) is 0 Å². The van der Waals surface area contributed by atoms with E-state index in [0.29, 0.717) is 12.8 Å². The van der Waals surface area contributed by atoms with Gasteiger partial charge in [-0.1, -0.05) is 13.3 Å². The maximum atomic E-state index is 13.7. The number of nitrogens with zero attached hydrogens (tertiary/aromatic N) is 1. The first-order valence-corrected chi connectivity index (χ1v) is 5.76. The molecule has 6 heteroatoms. The van der Waals surface area contributed by atoms with Crippen molar-refractivity contribution in [3.63, 3.8) is 0 Å². The second-order valence-electron chi connectivity index (χ2n) is 4.03. The van der Waals surface area contributed by atoms with Gasteiger partial charge in [0.1, 0.15) is 0 Å². The maximum absolute atomic E-state index is 13.7. The van der Waals surface area contributed by atoms with Gasteiger partial charge in [-0.25, -0.2) is 18.2 Å². The summed E-state index contributed by atoms with van der Waals surface area (Å²) in [6.45, 7) is 1.85. The molecule has 0 fully saturated rings. The van der Waals surface area contributed by atoms with Gasteiger partial charge in [-0.3, -0.25) is 4.79 Å². The van der Waals surface area contributed by atoms with Gasteiger partial charge < -0.3 is 4.98 Å². The van der Waals surface area contributed by atoms with Gasteiger partial charge in [-0.15, -0.1) is 0 Å². The number of hydrogen-bond donors (Lipinski definition) is 1. The fraction of sp³-hybridized carbons (Fsp3) is 0.231. The molecular weight excluding hydrogens is 257 g/mol. The first-order valence-electron chi connectivity index (χ1n) is 5.76. The van der Waals surface area contributed by atoms with E-state index >= 15 is 0 Å². The highest BCUT2D eigenvalue weighted by Crippen LogP contribution is 2.26. The Morgan fingerprint density at radius 1 is 1.21 bits per heavy atom. The molecule has 0 bridgehead atoms. The summed E-state index contributed by atoms with van der Waals surface area (Å²) < 4.78 is 39.9. The number of aromatic amines is 1. The quantitative estimate of drug-likeness (QED) is 0.870. The van der Waals surface area contributed by atoms with E-state index in [9.17, 15) is 18.0 Å². The summed E-state index contributed by atoms with van der Waals surface area (Å²) >= 11 is 0. The Hall–Kier alpha value is -2.11. The molecule has 0 aliphatic carbocycles. The molecule has 0 radical (unpaired) electrons. The standard InChI is InChI=1S/C13H11F3N2O/c1-2-3-8-12(17-6-18-13(8)19)7-4-5-9(14)11(16)10(7)15/h4-6H,2-3H2,1H3,(H,17,18,19). The van der Waals surface area contributed by atoms with E-state index in [1.54, 1.807) is 0 Å². The van der Waals surface area contributed by atoms with Crippen LogP contribution in [0.3, 0.4) is 0 Å². The average Bonchev–Trinajstić information content (AvgIpc) is 2.39. The predicted molar refractivity (Wildman–Crippen MR) is 64.2 cm³/mol. The fourth-order valence-electron chi connectivity index (χ4n) is 1.85. The lowest BCUT2D eigenvalue weighted by atomic mass is 10.0. The lowest BCUT2D eigenvalue weighted by Crippen LogP contribution is -2.15. The van der Waals surface area contributed by atoms with Gasteiger partial charge in [0.25, 0.3) is 5.56 Å². The summed E-state index contributed by atoms with van der Waals surface area (Å²) in [5, 5.41) is 0. The van der Waals surface area contributed by atoms with E-state index in [0.717, 1.165) is 18.5 Å². The molecule has 0 amide bonds. The van der Waals surface area contributed by atoms with Gasteiger partial charge >= 0.3 is 0 Å². The molecule has 1 heterocycles. The molecule has 0 spiro atoms. The topological polar surface area (TPSA) is 45.8 Å². The first kappa shape index (κ1) is 13.3. The Morgan fingerprint density at radius 2 is 1.95 bits per heavy atom. The molecular formula is C13H11F3N2O. The molecule has 1 aromatic heterocycles. The van der Waals surface area contributed by atoms with Crippen molar-refractivity contribution in [2.24, 2.45) is 0 Å². The Labute approximate surface area is 107 Å². The highest BCUT2D eigenvalue weighted by molar-refractivity contribution is 5.63. The van der Waals surface area contributed by atoms with E-state index in [2.05, 4.69) is 9.97 Å². The van der Waals surface area contributed by atoms with Crippen molar-refractivity contribution in [1.82, 2.24) is 9.97 Å². The minimum atomic E-state index is -1.57. The van der Waals surface area contributed by atoms with E-state index in [1.165, 1.54) is 0 Å². The number of rotatable bonds is 3. The molecule has 2 rings (SSSR count). The molecule has 0 saturated heterocycles. The van der Waals surface area contributed by atoms with Crippen LogP contribution in [0.25, 0.3) is 11.3 Å². The van der Waals surface area contributed by atoms with Crippen LogP contribution in [0.1, 0.15) is 18.9 Å². The van der Waals surface area contributed by atoms with Gasteiger partial charge in [0.2, 0.25) is 0 Å². The Bertz CT molecular complexity index is 667. The van der Waals surface area contributed by atoms with E-state index in [4.69, 9.17) is 0 Å². The van der Waals surface area contributed by atoms with E-state index in [1.807, 2.05) is 6.92 Å². The highest BCUT2D eigenvalue weighted by atomic mass is 19.2. The zero-order valence-electron chi connectivity index (χ0n) is 10.1. The third-order valence-corrected chi connectivity index (χ3v) is 2.74. The zero-order chi connectivity index (χ0) is 14.0. The number of H-pyrrole nitrogens is 1. The normalized spacial score (nSPS) is 10.7. The first-order chi connectivity index (χ1) is 9.06. The van der Waals surface area contributed by atoms with Crippen LogP contribution in [-0.4, -0.2) is 9.97 Å². The molecule has 0 saturated carbocycles. The third kappa shape index (κ3) is 2.38. The fourth-order valence-corrected chi connectivity index (χ4v) is 1.85. The Morgan fingerprint density at radius 3 is 2.63 bits per heavy atom. The molecule has 100 valence electrons. The second-order valence-corrected chi connectivity index (χ2v) is 4.03. The molecule has 0 atom stereocenters. The van der Waals surface area contributed by atoms with Gasteiger partial charge in [0.15, 0.2) is 17.5 Å². The van der Waals surface area contributed by atoms with Crippen molar-refractivity contribution in [3.05, 3.63) is 51.8 Å². The van der Waals surface area contributed by atoms with E-state index < -0.39 is 23.0 Å². The van der Waals surface area contributed by atoms with Crippen molar-refractivity contribution >= 4 is 0 Å². The van der Waals surface area contributed by atoms with Crippen LogP contribution in [0.15, 0.2) is 23.3 Å². The third-order valence-electron chi connectivity index (χ3n) is 2.74. The molecule has 0 aliphatic rings. The molecule has 0 unspecified atom stereocenters. The average molecular weight is 268 g/mol. The highest BCUT2D eigenvalue weighted by Gasteiger charge is 2.19. The lowest BCUT2D eigenvalue weighted by molar-refractivity contribution is 0.448. The van der Waals surface area contributed by atoms with Crippen LogP contribution in [0.2, 0.25) is 0 Å². The summed E-state index contributed by atoms with van der Waals surface area (Å²) in [6, 6.07) is 1.89. The van der Waals surface area contributed by atoms with Gasteiger partial charge in [-0.05, 0) is 18.6 Å². The van der Waals surface area contributed by atoms with Crippen LogP contribution >= 0.6 is 0 Å². The largest absolute Gasteiger partial charge is 0.313 e. The van der Waals surface area contributed by atoms with Crippen molar-refractivity contribution < 1.29 is 13.2 Å². The maximum Gasteiger partial charge on any atom is 0.254 e. The van der Waals surface area contributed by atoms with Crippen molar-refractivity contribution in [2.75, 3.05) is 0 Å². The Balaban J connectivity index is 2.69. The molecule has 2 aromatic rings. The zero-order valence-corrected chi connectivity index (χ0v) is 10.1. The summed E-state index contributed by atoms with van der Waals surface area (Å²) in [4.78, 5) is 17.9. The van der Waals surface area contributed by atoms with Crippen molar-refractivity contribution in [2.45, 2.75) is 19.8 Å². The summed E-state index contributed by atoms with van der Waals surface area (Å²) in [6.07, 6.45) is 2.13. The minimum Gasteiger partial charge on any atom is -0.313 e. The van der Waals surface area contributed by atoms with Gasteiger partial charge in [-0.2, -0.15) is 0 Å². The molecule has 19 heavy (non-hydrogen) atoms. The molecule has 1 N–H and O–H groups in total. The Kier molecular flexibility index (Phi) is 3.69. The van der Waals surface area contributed by atoms with Crippen molar-refractivity contribution in [3.8, 4) is 11.3 Å². The van der Waals surface area contributed by atoms with Crippen LogP contribution < -0.4 is 5.56 Å². The smallest absolute Gasteiger partial charge is 0.254 e. The number of nitrogens with one attached hydrogen (secondary N) is 1. The molecule has 0 aliphatic heterocycles. The number of aromatic nitrogens is 2. The summed E-state index contributed by atoms with van der Waals surface area (Å²) in [5.41, 5.74) is -0.318. The van der Waals surface area contributed by atoms with Crippen LogP contribution in [0, 0.1) is 17.5 Å². The minimum absolute atomic E-state index is 0.0435. The SMILES string of the molecule is CCCc1c(-c2ccc(F)c(F)c2F)nc[nH]c1=O.